The highest BCUT2D eigenvalue weighted by molar-refractivity contribution is 7.10. The number of aromatic nitrogens is 1. The Bertz CT molecular complexity index is 643. The van der Waals surface area contributed by atoms with Crippen molar-refractivity contribution in [2.75, 3.05) is 5.32 Å². The second-order valence-corrected chi connectivity index (χ2v) is 5.22. The van der Waals surface area contributed by atoms with Crippen LogP contribution in [0.1, 0.15) is 36.1 Å². The van der Waals surface area contributed by atoms with Crippen molar-refractivity contribution < 1.29 is 4.79 Å². The molecule has 20 heavy (non-hydrogen) atoms. The lowest BCUT2D eigenvalue weighted by molar-refractivity contribution is -0.117. The van der Waals surface area contributed by atoms with E-state index >= 15 is 0 Å². The van der Waals surface area contributed by atoms with E-state index in [0.29, 0.717) is 22.7 Å². The van der Waals surface area contributed by atoms with E-state index in [9.17, 15) is 4.79 Å². The average Bonchev–Trinajstić information content (AvgIpc) is 2.81. The zero-order valence-corrected chi connectivity index (χ0v) is 12.2. The summed E-state index contributed by atoms with van der Waals surface area (Å²) in [6.07, 6.45) is 0.704. The minimum Gasteiger partial charge on any atom is -0.315 e. The number of anilines is 1. The number of carbonyl (C=O) groups excluding carboxylic acids is 1. The third-order valence-electron chi connectivity index (χ3n) is 3.14. The van der Waals surface area contributed by atoms with Crippen LogP contribution in [0.3, 0.4) is 0 Å². The second-order valence-electron chi connectivity index (χ2n) is 4.44. The molecule has 0 saturated carbocycles. The number of nitriles is 1. The number of benzene rings is 1. The first-order valence-electron chi connectivity index (χ1n) is 6.39. The molecule has 0 aliphatic rings. The molecule has 1 N–H and O–H groups in total. The minimum atomic E-state index is -0.217. The van der Waals surface area contributed by atoms with Crippen LogP contribution in [0, 0.1) is 18.3 Å². The summed E-state index contributed by atoms with van der Waals surface area (Å²) in [5.41, 5.74) is 2.08. The average molecular weight is 285 g/mol. The summed E-state index contributed by atoms with van der Waals surface area (Å²) >= 11 is 1.15. The highest BCUT2D eigenvalue weighted by atomic mass is 32.1. The lowest BCUT2D eigenvalue weighted by atomic mass is 9.96. The topological polar surface area (TPSA) is 65.8 Å². The van der Waals surface area contributed by atoms with Crippen LogP contribution in [0.15, 0.2) is 30.3 Å². The highest BCUT2D eigenvalue weighted by Gasteiger charge is 2.21. The van der Waals surface area contributed by atoms with E-state index in [1.807, 2.05) is 37.3 Å². The molecule has 4 nitrogen and oxygen atoms in total. The molecular weight excluding hydrogens is 270 g/mol. The van der Waals surface area contributed by atoms with Gasteiger partial charge in [-0.05, 0) is 30.4 Å². The molecule has 5 heteroatoms. The smallest absolute Gasteiger partial charge is 0.232 e. The summed E-state index contributed by atoms with van der Waals surface area (Å²) in [4.78, 5) is 12.4. The summed E-state index contributed by atoms with van der Waals surface area (Å²) in [7, 11) is 0. The van der Waals surface area contributed by atoms with Crippen molar-refractivity contribution in [3.8, 4) is 6.07 Å². The van der Waals surface area contributed by atoms with Crippen molar-refractivity contribution in [3.63, 3.8) is 0 Å². The molecule has 0 fully saturated rings. The fourth-order valence-electron chi connectivity index (χ4n) is 2.04. The molecule has 1 aromatic carbocycles. The van der Waals surface area contributed by atoms with Crippen LogP contribution in [0.5, 0.6) is 0 Å². The fraction of sp³-hybridized carbons (Fsp3) is 0.267. The predicted molar refractivity (Wildman–Crippen MR) is 79.7 cm³/mol. The Morgan fingerprint density at radius 1 is 1.45 bits per heavy atom. The standard InChI is InChI=1S/C15H15N3OS/c1-3-12(11-7-5-4-6-8-11)14(19)17-15-13(9-16)10(2)18-20-15/h4-8,12H,3H2,1-2H3,(H,17,19). The molecule has 1 amide bonds. The van der Waals surface area contributed by atoms with E-state index in [-0.39, 0.29) is 11.8 Å². The Balaban J connectivity index is 2.21. The third kappa shape index (κ3) is 2.86. The van der Waals surface area contributed by atoms with E-state index in [4.69, 9.17) is 5.26 Å². The molecule has 0 aliphatic heterocycles. The SMILES string of the molecule is CCC(C(=O)Nc1snc(C)c1C#N)c1ccccc1. The first-order chi connectivity index (χ1) is 9.67. The van der Waals surface area contributed by atoms with Crippen LogP contribution in [0.25, 0.3) is 0 Å². The van der Waals surface area contributed by atoms with Gasteiger partial charge < -0.3 is 5.32 Å². The lowest BCUT2D eigenvalue weighted by Gasteiger charge is -2.14. The number of rotatable bonds is 4. The van der Waals surface area contributed by atoms with Gasteiger partial charge in [-0.15, -0.1) is 0 Å². The first-order valence-corrected chi connectivity index (χ1v) is 7.16. The highest BCUT2D eigenvalue weighted by Crippen LogP contribution is 2.26. The van der Waals surface area contributed by atoms with Crippen LogP contribution in [0.4, 0.5) is 5.00 Å². The molecule has 0 bridgehead atoms. The van der Waals surface area contributed by atoms with Crippen LogP contribution < -0.4 is 5.32 Å². The minimum absolute atomic E-state index is 0.0983. The number of carbonyl (C=O) groups is 1. The molecule has 1 unspecified atom stereocenters. The Labute approximate surface area is 122 Å². The molecule has 0 spiro atoms. The van der Waals surface area contributed by atoms with Gasteiger partial charge in [-0.2, -0.15) is 9.64 Å². The van der Waals surface area contributed by atoms with Crippen molar-refractivity contribution in [1.29, 1.82) is 5.26 Å². The maximum Gasteiger partial charge on any atom is 0.232 e. The van der Waals surface area contributed by atoms with Gasteiger partial charge in [0, 0.05) is 0 Å². The maximum absolute atomic E-state index is 12.4. The van der Waals surface area contributed by atoms with Crippen LogP contribution in [-0.2, 0) is 4.79 Å². The van der Waals surface area contributed by atoms with Gasteiger partial charge in [-0.25, -0.2) is 0 Å². The van der Waals surface area contributed by atoms with Crippen molar-refractivity contribution in [2.24, 2.45) is 0 Å². The molecule has 0 saturated heterocycles. The molecule has 2 rings (SSSR count). The molecular formula is C15H15N3OS. The Hall–Kier alpha value is -2.19. The number of nitrogens with one attached hydrogen (secondary N) is 1. The zero-order valence-electron chi connectivity index (χ0n) is 11.4. The quantitative estimate of drug-likeness (QED) is 0.935. The van der Waals surface area contributed by atoms with E-state index in [1.54, 1.807) is 6.92 Å². The van der Waals surface area contributed by atoms with Gasteiger partial charge >= 0.3 is 0 Å². The zero-order chi connectivity index (χ0) is 14.5. The number of hydrogen-bond donors (Lipinski definition) is 1. The third-order valence-corrected chi connectivity index (χ3v) is 3.99. The molecule has 2 aromatic rings. The second kappa shape index (κ2) is 6.31. The van der Waals surface area contributed by atoms with Crippen molar-refractivity contribution in [3.05, 3.63) is 47.2 Å². The summed E-state index contributed by atoms with van der Waals surface area (Å²) in [5.74, 6) is -0.316. The van der Waals surface area contributed by atoms with Gasteiger partial charge in [0.25, 0.3) is 0 Å². The first kappa shape index (κ1) is 14.2. The van der Waals surface area contributed by atoms with Crippen molar-refractivity contribution in [2.45, 2.75) is 26.2 Å². The molecule has 0 aliphatic carbocycles. The van der Waals surface area contributed by atoms with Crippen molar-refractivity contribution in [1.82, 2.24) is 4.37 Å². The van der Waals surface area contributed by atoms with Gasteiger partial charge in [-0.3, -0.25) is 4.79 Å². The predicted octanol–water partition coefficient (Wildman–Crippen LogP) is 3.46. The summed E-state index contributed by atoms with van der Waals surface area (Å²) in [6, 6.07) is 11.7. The summed E-state index contributed by atoms with van der Waals surface area (Å²) in [6.45, 7) is 3.74. The molecule has 1 atom stereocenters. The van der Waals surface area contributed by atoms with Gasteiger partial charge in [0.15, 0.2) is 0 Å². The van der Waals surface area contributed by atoms with E-state index in [0.717, 1.165) is 17.1 Å². The monoisotopic (exact) mass is 285 g/mol. The fourth-order valence-corrected chi connectivity index (χ4v) is 2.79. The van der Waals surface area contributed by atoms with E-state index in [1.165, 1.54) is 0 Å². The number of hydrogen-bond acceptors (Lipinski definition) is 4. The number of nitrogens with zero attached hydrogens (tertiary/aromatic N) is 2. The summed E-state index contributed by atoms with van der Waals surface area (Å²) in [5, 5.41) is 12.4. The Morgan fingerprint density at radius 2 is 2.15 bits per heavy atom. The van der Waals surface area contributed by atoms with Gasteiger partial charge in [-0.1, -0.05) is 37.3 Å². The molecule has 0 radical (unpaired) electrons. The summed E-state index contributed by atoms with van der Waals surface area (Å²) < 4.78 is 4.10. The largest absolute Gasteiger partial charge is 0.315 e. The van der Waals surface area contributed by atoms with Gasteiger partial charge in [0.2, 0.25) is 5.91 Å². The van der Waals surface area contributed by atoms with Crippen LogP contribution >= 0.6 is 11.5 Å². The van der Waals surface area contributed by atoms with Gasteiger partial charge in [0.05, 0.1) is 11.6 Å². The van der Waals surface area contributed by atoms with E-state index < -0.39 is 0 Å². The number of amides is 1. The molecule has 102 valence electrons. The van der Waals surface area contributed by atoms with Gasteiger partial charge in [0.1, 0.15) is 16.6 Å². The van der Waals surface area contributed by atoms with E-state index in [2.05, 4.69) is 15.8 Å². The Morgan fingerprint density at radius 3 is 2.75 bits per heavy atom. The molecule has 1 aromatic heterocycles. The lowest BCUT2D eigenvalue weighted by Crippen LogP contribution is -2.20. The normalized spacial score (nSPS) is 11.7. The van der Waals surface area contributed by atoms with Crippen LogP contribution in [0.2, 0.25) is 0 Å². The van der Waals surface area contributed by atoms with Crippen LogP contribution in [-0.4, -0.2) is 10.3 Å². The molecule has 1 heterocycles. The van der Waals surface area contributed by atoms with Crippen molar-refractivity contribution >= 4 is 22.4 Å². The Kier molecular flexibility index (Phi) is 4.49. The number of aryl methyl sites for hydroxylation is 1. The maximum atomic E-state index is 12.4.